The SMILES string of the molecule is COc1ccc(C[C@]2(CCC(=O)N3CCC[C@H](C(=O)Cc4ccccc4)C3)CCC(=O)N2)cc1. The zero-order chi connectivity index (χ0) is 24.0. The molecule has 0 unspecified atom stereocenters. The molecule has 0 saturated carbocycles. The van der Waals surface area contributed by atoms with E-state index in [1.54, 1.807) is 7.11 Å². The van der Waals surface area contributed by atoms with E-state index in [1.807, 2.05) is 59.5 Å². The van der Waals surface area contributed by atoms with Crippen LogP contribution in [0.25, 0.3) is 0 Å². The first-order chi connectivity index (χ1) is 16.5. The summed E-state index contributed by atoms with van der Waals surface area (Å²) < 4.78 is 5.24. The zero-order valence-electron chi connectivity index (χ0n) is 19.9. The molecule has 1 N–H and O–H groups in total. The molecule has 2 saturated heterocycles. The van der Waals surface area contributed by atoms with Crippen LogP contribution in [0.3, 0.4) is 0 Å². The van der Waals surface area contributed by atoms with Crippen molar-refractivity contribution in [3.8, 4) is 5.75 Å². The Kier molecular flexibility index (Phi) is 7.66. The molecule has 34 heavy (non-hydrogen) atoms. The molecule has 2 aliphatic rings. The Balaban J connectivity index is 1.34. The van der Waals surface area contributed by atoms with Crippen molar-refractivity contribution < 1.29 is 19.1 Å². The summed E-state index contributed by atoms with van der Waals surface area (Å²) in [6, 6.07) is 17.7. The number of amides is 2. The number of piperidine rings is 1. The summed E-state index contributed by atoms with van der Waals surface area (Å²) in [6.45, 7) is 1.20. The highest BCUT2D eigenvalue weighted by Crippen LogP contribution is 2.31. The third kappa shape index (κ3) is 6.04. The van der Waals surface area contributed by atoms with Gasteiger partial charge in [-0.1, -0.05) is 42.5 Å². The van der Waals surface area contributed by atoms with Crippen LogP contribution in [0, 0.1) is 5.92 Å². The highest BCUT2D eigenvalue weighted by atomic mass is 16.5. The largest absolute Gasteiger partial charge is 0.497 e. The fraction of sp³-hybridized carbons (Fsp3) is 0.464. The second-order valence-electron chi connectivity index (χ2n) is 9.66. The third-order valence-corrected chi connectivity index (χ3v) is 7.20. The van der Waals surface area contributed by atoms with Gasteiger partial charge < -0.3 is 15.0 Å². The summed E-state index contributed by atoms with van der Waals surface area (Å²) in [6.07, 6.45) is 4.99. The quantitative estimate of drug-likeness (QED) is 0.616. The van der Waals surface area contributed by atoms with Crippen LogP contribution >= 0.6 is 0 Å². The Labute approximate surface area is 201 Å². The van der Waals surface area contributed by atoms with E-state index in [9.17, 15) is 14.4 Å². The van der Waals surface area contributed by atoms with Crippen LogP contribution in [0.4, 0.5) is 0 Å². The van der Waals surface area contributed by atoms with E-state index >= 15 is 0 Å². The minimum absolute atomic E-state index is 0.0468. The number of hydrogen-bond acceptors (Lipinski definition) is 4. The molecule has 6 heteroatoms. The van der Waals surface area contributed by atoms with Crippen molar-refractivity contribution >= 4 is 17.6 Å². The van der Waals surface area contributed by atoms with Gasteiger partial charge in [-0.25, -0.2) is 0 Å². The molecule has 2 amide bonds. The van der Waals surface area contributed by atoms with Crippen molar-refractivity contribution in [2.24, 2.45) is 5.92 Å². The van der Waals surface area contributed by atoms with Crippen molar-refractivity contribution in [2.45, 2.75) is 56.9 Å². The monoisotopic (exact) mass is 462 g/mol. The molecule has 2 atom stereocenters. The minimum atomic E-state index is -0.403. The predicted octanol–water partition coefficient (Wildman–Crippen LogP) is 3.72. The number of carbonyl (C=O) groups excluding carboxylic acids is 3. The molecule has 2 aliphatic heterocycles. The number of nitrogens with one attached hydrogen (secondary N) is 1. The smallest absolute Gasteiger partial charge is 0.222 e. The van der Waals surface area contributed by atoms with Crippen molar-refractivity contribution in [3.63, 3.8) is 0 Å². The summed E-state index contributed by atoms with van der Waals surface area (Å²) in [4.78, 5) is 39.9. The number of nitrogens with zero attached hydrogens (tertiary/aromatic N) is 1. The molecule has 0 aromatic heterocycles. The van der Waals surface area contributed by atoms with Gasteiger partial charge >= 0.3 is 0 Å². The van der Waals surface area contributed by atoms with Gasteiger partial charge in [0.1, 0.15) is 11.5 Å². The number of ketones is 1. The molecule has 0 spiro atoms. The number of hydrogen-bond donors (Lipinski definition) is 1. The first kappa shape index (κ1) is 24.0. The lowest BCUT2D eigenvalue weighted by Gasteiger charge is -2.34. The molecular weight excluding hydrogens is 428 g/mol. The summed E-state index contributed by atoms with van der Waals surface area (Å²) in [5.41, 5.74) is 1.73. The van der Waals surface area contributed by atoms with E-state index in [0.717, 1.165) is 36.1 Å². The molecular formula is C28H34N2O4. The standard InChI is InChI=1S/C28H34N2O4/c1-34-24-11-9-22(10-12-24)19-28(15-13-26(32)29-28)16-14-27(33)30-17-5-8-23(20-30)25(31)18-21-6-3-2-4-7-21/h2-4,6-7,9-12,23H,5,8,13-20H2,1H3,(H,29,32)/t23-,28+/m0/s1. The average molecular weight is 463 g/mol. The Morgan fingerprint density at radius 2 is 1.85 bits per heavy atom. The lowest BCUT2D eigenvalue weighted by molar-refractivity contribution is -0.135. The third-order valence-electron chi connectivity index (χ3n) is 7.20. The van der Waals surface area contributed by atoms with Gasteiger partial charge in [0.15, 0.2) is 0 Å². The normalized spacial score (nSPS) is 22.3. The van der Waals surface area contributed by atoms with Gasteiger partial charge in [-0.05, 0) is 55.4 Å². The molecule has 2 heterocycles. The lowest BCUT2D eigenvalue weighted by atomic mass is 9.84. The molecule has 2 fully saturated rings. The molecule has 6 nitrogen and oxygen atoms in total. The van der Waals surface area contributed by atoms with Crippen molar-refractivity contribution in [3.05, 3.63) is 65.7 Å². The molecule has 2 aromatic carbocycles. The Hall–Kier alpha value is -3.15. The van der Waals surface area contributed by atoms with Crippen LogP contribution in [0.1, 0.15) is 49.7 Å². The second-order valence-corrected chi connectivity index (χ2v) is 9.66. The van der Waals surface area contributed by atoms with E-state index < -0.39 is 5.54 Å². The first-order valence-corrected chi connectivity index (χ1v) is 12.2. The number of likely N-dealkylation sites (tertiary alicyclic amines) is 1. The van der Waals surface area contributed by atoms with Crippen LogP contribution < -0.4 is 10.1 Å². The maximum absolute atomic E-state index is 13.1. The first-order valence-electron chi connectivity index (χ1n) is 12.2. The van der Waals surface area contributed by atoms with E-state index in [4.69, 9.17) is 4.74 Å². The van der Waals surface area contributed by atoms with Gasteiger partial charge in [-0.2, -0.15) is 0 Å². The number of ether oxygens (including phenoxy) is 1. The summed E-state index contributed by atoms with van der Waals surface area (Å²) in [7, 11) is 1.64. The Bertz CT molecular complexity index is 1000. The van der Waals surface area contributed by atoms with Crippen molar-refractivity contribution in [2.75, 3.05) is 20.2 Å². The Morgan fingerprint density at radius 1 is 1.09 bits per heavy atom. The van der Waals surface area contributed by atoms with E-state index in [-0.39, 0.29) is 23.5 Å². The average Bonchev–Trinajstić information content (AvgIpc) is 3.24. The second kappa shape index (κ2) is 10.9. The van der Waals surface area contributed by atoms with Gasteiger partial charge in [0.2, 0.25) is 11.8 Å². The van der Waals surface area contributed by atoms with Gasteiger partial charge in [0, 0.05) is 43.8 Å². The van der Waals surface area contributed by atoms with E-state index in [2.05, 4.69) is 5.32 Å². The number of rotatable bonds is 9. The summed E-state index contributed by atoms with van der Waals surface area (Å²) >= 11 is 0. The van der Waals surface area contributed by atoms with Crippen LogP contribution in [-0.4, -0.2) is 48.2 Å². The van der Waals surface area contributed by atoms with Crippen molar-refractivity contribution in [1.29, 1.82) is 0 Å². The number of carbonyl (C=O) groups is 3. The maximum Gasteiger partial charge on any atom is 0.222 e. The maximum atomic E-state index is 13.1. The summed E-state index contributed by atoms with van der Waals surface area (Å²) in [5, 5.41) is 3.16. The van der Waals surface area contributed by atoms with Crippen molar-refractivity contribution in [1.82, 2.24) is 10.2 Å². The fourth-order valence-electron chi connectivity index (χ4n) is 5.23. The lowest BCUT2D eigenvalue weighted by Crippen LogP contribution is -2.46. The summed E-state index contributed by atoms with van der Waals surface area (Å²) in [5.74, 6) is 1.03. The topological polar surface area (TPSA) is 75.7 Å². The van der Waals surface area contributed by atoms with E-state index in [0.29, 0.717) is 45.2 Å². The molecule has 4 rings (SSSR count). The minimum Gasteiger partial charge on any atom is -0.497 e. The van der Waals surface area contributed by atoms with Gasteiger partial charge in [-0.15, -0.1) is 0 Å². The van der Waals surface area contributed by atoms with Crippen LogP contribution in [0.15, 0.2) is 54.6 Å². The van der Waals surface area contributed by atoms with E-state index in [1.165, 1.54) is 0 Å². The van der Waals surface area contributed by atoms with Gasteiger partial charge in [0.05, 0.1) is 7.11 Å². The Morgan fingerprint density at radius 3 is 2.53 bits per heavy atom. The van der Waals surface area contributed by atoms with Gasteiger partial charge in [0.25, 0.3) is 0 Å². The number of benzene rings is 2. The number of Topliss-reactive ketones (excluding diaryl/α,β-unsaturated/α-hetero) is 1. The van der Waals surface area contributed by atoms with Gasteiger partial charge in [-0.3, -0.25) is 14.4 Å². The van der Waals surface area contributed by atoms with Crippen LogP contribution in [-0.2, 0) is 27.2 Å². The highest BCUT2D eigenvalue weighted by Gasteiger charge is 2.38. The molecule has 0 aliphatic carbocycles. The zero-order valence-corrected chi connectivity index (χ0v) is 19.9. The molecule has 180 valence electrons. The van der Waals surface area contributed by atoms with Crippen LogP contribution in [0.5, 0.6) is 5.75 Å². The van der Waals surface area contributed by atoms with Crippen LogP contribution in [0.2, 0.25) is 0 Å². The molecule has 0 bridgehead atoms. The predicted molar refractivity (Wildman–Crippen MR) is 130 cm³/mol. The number of methoxy groups -OCH3 is 1. The fourth-order valence-corrected chi connectivity index (χ4v) is 5.23. The molecule has 0 radical (unpaired) electrons. The molecule has 2 aromatic rings. The highest BCUT2D eigenvalue weighted by molar-refractivity contribution is 5.85.